The van der Waals surface area contributed by atoms with E-state index in [0.717, 1.165) is 37.0 Å². The Morgan fingerprint density at radius 1 is 1.15 bits per heavy atom. The van der Waals surface area contributed by atoms with Crippen molar-refractivity contribution in [2.75, 3.05) is 0 Å². The minimum atomic E-state index is -0.398. The van der Waals surface area contributed by atoms with E-state index in [1.165, 1.54) is 11.1 Å². The topological polar surface area (TPSA) is 65.0 Å². The summed E-state index contributed by atoms with van der Waals surface area (Å²) in [5.74, 6) is 1.76. The maximum Gasteiger partial charge on any atom is 0.334 e. The van der Waals surface area contributed by atoms with E-state index in [0.29, 0.717) is 30.6 Å². The predicted molar refractivity (Wildman–Crippen MR) is 126 cm³/mol. The molecule has 0 saturated heterocycles. The highest BCUT2D eigenvalue weighted by Crippen LogP contribution is 2.59. The van der Waals surface area contributed by atoms with E-state index >= 15 is 0 Å². The van der Waals surface area contributed by atoms with E-state index in [1.54, 1.807) is 6.92 Å². The van der Waals surface area contributed by atoms with Crippen LogP contribution in [0.25, 0.3) is 0 Å². The number of carbonyl (C=O) groups is 2. The minimum Gasteiger partial charge on any atom is -0.489 e. The average molecular weight is 446 g/mol. The van der Waals surface area contributed by atoms with Crippen LogP contribution in [0.5, 0.6) is 5.75 Å². The van der Waals surface area contributed by atoms with Gasteiger partial charge in [-0.3, -0.25) is 4.79 Å². The Bertz CT molecular complexity index is 1090. The fraction of sp³-hybridized carbons (Fsp3) is 0.464. The Morgan fingerprint density at radius 3 is 2.76 bits per heavy atom. The van der Waals surface area contributed by atoms with Crippen LogP contribution in [0.1, 0.15) is 68.6 Å². The SMILES string of the molecule is CCC(=O)O/N=C1\C[C@H]2[C@@H]3CCc4cc(OCc5ccccc5)ccc4[C@H]3CC[C@@]2(C)C1=O. The van der Waals surface area contributed by atoms with E-state index in [9.17, 15) is 9.59 Å². The normalized spacial score (nSPS) is 29.2. The van der Waals surface area contributed by atoms with E-state index in [2.05, 4.69) is 42.4 Å². The van der Waals surface area contributed by atoms with Crippen LogP contribution in [-0.4, -0.2) is 17.5 Å². The number of ether oxygens (including phenoxy) is 1. The highest BCUT2D eigenvalue weighted by atomic mass is 16.7. The third-order valence-electron chi connectivity index (χ3n) is 8.08. The molecule has 0 bridgehead atoms. The summed E-state index contributed by atoms with van der Waals surface area (Å²) in [6.07, 6.45) is 4.78. The molecular formula is C28H31NO4. The van der Waals surface area contributed by atoms with E-state index in [-0.39, 0.29) is 18.1 Å². The maximum absolute atomic E-state index is 13.2. The van der Waals surface area contributed by atoms with Gasteiger partial charge in [-0.1, -0.05) is 55.4 Å². The highest BCUT2D eigenvalue weighted by molar-refractivity contribution is 6.43. The van der Waals surface area contributed by atoms with E-state index in [1.807, 2.05) is 18.2 Å². The van der Waals surface area contributed by atoms with Crippen LogP contribution >= 0.6 is 0 Å². The summed E-state index contributed by atoms with van der Waals surface area (Å²) in [4.78, 5) is 29.7. The molecule has 0 amide bonds. The summed E-state index contributed by atoms with van der Waals surface area (Å²) in [6.45, 7) is 4.39. The first-order valence-corrected chi connectivity index (χ1v) is 12.1. The number of hydrogen-bond donors (Lipinski definition) is 0. The Morgan fingerprint density at radius 2 is 1.97 bits per heavy atom. The monoisotopic (exact) mass is 445 g/mol. The number of Topliss-reactive ketones (excluding diaryl/α,β-unsaturated/α-hetero) is 1. The number of benzene rings is 2. The lowest BCUT2D eigenvalue weighted by Gasteiger charge is -2.47. The fourth-order valence-electron chi connectivity index (χ4n) is 6.25. The molecule has 0 spiro atoms. The first kappa shape index (κ1) is 21.9. The first-order chi connectivity index (χ1) is 16.0. The van der Waals surface area contributed by atoms with Crippen LogP contribution in [0.2, 0.25) is 0 Å². The lowest BCUT2D eigenvalue weighted by molar-refractivity contribution is -0.143. The molecule has 3 aliphatic carbocycles. The first-order valence-electron chi connectivity index (χ1n) is 12.1. The number of fused-ring (bicyclic) bond motifs is 5. The molecule has 172 valence electrons. The molecule has 2 fully saturated rings. The van der Waals surface area contributed by atoms with Crippen LogP contribution in [0.15, 0.2) is 53.7 Å². The number of carbonyl (C=O) groups excluding carboxylic acids is 2. The molecule has 0 unspecified atom stereocenters. The van der Waals surface area contributed by atoms with Gasteiger partial charge in [0, 0.05) is 18.3 Å². The van der Waals surface area contributed by atoms with Crippen LogP contribution in [0.3, 0.4) is 0 Å². The third-order valence-corrected chi connectivity index (χ3v) is 8.08. The molecule has 5 rings (SSSR count). The Balaban J connectivity index is 1.33. The van der Waals surface area contributed by atoms with Gasteiger partial charge >= 0.3 is 5.97 Å². The molecule has 0 radical (unpaired) electrons. The quantitative estimate of drug-likeness (QED) is 0.443. The number of hydrogen-bond acceptors (Lipinski definition) is 5. The lowest BCUT2D eigenvalue weighted by atomic mass is 9.55. The van der Waals surface area contributed by atoms with Crippen molar-refractivity contribution in [1.82, 2.24) is 0 Å². The summed E-state index contributed by atoms with van der Waals surface area (Å²) < 4.78 is 6.06. The molecule has 0 N–H and O–H groups in total. The predicted octanol–water partition coefficient (Wildman–Crippen LogP) is 5.61. The second kappa shape index (κ2) is 8.77. The zero-order valence-electron chi connectivity index (χ0n) is 19.4. The summed E-state index contributed by atoms with van der Waals surface area (Å²) in [5, 5.41) is 3.98. The van der Waals surface area contributed by atoms with Gasteiger partial charge in [-0.05, 0) is 72.3 Å². The third kappa shape index (κ3) is 3.98. The molecular weight excluding hydrogens is 414 g/mol. The van der Waals surface area contributed by atoms with E-state index < -0.39 is 11.4 Å². The van der Waals surface area contributed by atoms with Gasteiger partial charge < -0.3 is 9.57 Å². The van der Waals surface area contributed by atoms with Crippen molar-refractivity contribution in [2.24, 2.45) is 22.4 Å². The molecule has 5 heteroatoms. The summed E-state index contributed by atoms with van der Waals surface area (Å²) in [7, 11) is 0. The standard InChI is InChI=1S/C28H31NO4/c1-3-26(30)33-29-25-16-24-23-11-9-19-15-20(32-17-18-7-5-4-6-8-18)10-12-21(19)22(23)13-14-28(24,2)27(25)31/h4-8,10,12,15,22-24H,3,9,11,13-14,16-17H2,1-2H3/b29-25+/t22-,23-,24+,28-/m1/s1. The number of oxime groups is 1. The van der Waals surface area contributed by atoms with Gasteiger partial charge in [-0.25, -0.2) is 4.79 Å². The van der Waals surface area contributed by atoms with Gasteiger partial charge in [0.1, 0.15) is 18.1 Å². The summed E-state index contributed by atoms with van der Waals surface area (Å²) >= 11 is 0. The Hall–Kier alpha value is -2.95. The smallest absolute Gasteiger partial charge is 0.334 e. The second-order valence-electron chi connectivity index (χ2n) is 9.89. The molecule has 0 heterocycles. The van der Waals surface area contributed by atoms with Crippen molar-refractivity contribution in [1.29, 1.82) is 0 Å². The van der Waals surface area contributed by atoms with Gasteiger partial charge in [-0.2, -0.15) is 0 Å². The minimum absolute atomic E-state index is 0.0744. The second-order valence-corrected chi connectivity index (χ2v) is 9.89. The number of ketones is 1. The van der Waals surface area contributed by atoms with Crippen molar-refractivity contribution in [3.05, 3.63) is 65.2 Å². The van der Waals surface area contributed by atoms with Gasteiger partial charge in [0.25, 0.3) is 0 Å². The van der Waals surface area contributed by atoms with Crippen LogP contribution in [-0.2, 0) is 27.5 Å². The largest absolute Gasteiger partial charge is 0.489 e. The Labute approximate surface area is 195 Å². The summed E-state index contributed by atoms with van der Waals surface area (Å²) in [5.41, 5.74) is 4.00. The fourth-order valence-corrected chi connectivity index (χ4v) is 6.25. The molecule has 0 aromatic heterocycles. The molecule has 4 atom stereocenters. The van der Waals surface area contributed by atoms with Crippen molar-refractivity contribution in [3.63, 3.8) is 0 Å². The van der Waals surface area contributed by atoms with Gasteiger partial charge in [0.2, 0.25) is 0 Å². The molecule has 33 heavy (non-hydrogen) atoms. The number of rotatable bonds is 5. The van der Waals surface area contributed by atoms with E-state index in [4.69, 9.17) is 9.57 Å². The number of aryl methyl sites for hydroxylation is 1. The van der Waals surface area contributed by atoms with Crippen molar-refractivity contribution >= 4 is 17.5 Å². The van der Waals surface area contributed by atoms with Gasteiger partial charge in [-0.15, -0.1) is 0 Å². The van der Waals surface area contributed by atoms with Crippen molar-refractivity contribution < 1.29 is 19.2 Å². The van der Waals surface area contributed by atoms with Gasteiger partial charge in [0.05, 0.1) is 0 Å². The van der Waals surface area contributed by atoms with Crippen molar-refractivity contribution in [2.45, 2.75) is 64.9 Å². The average Bonchev–Trinajstić information content (AvgIpc) is 3.11. The van der Waals surface area contributed by atoms with Crippen LogP contribution in [0.4, 0.5) is 0 Å². The highest BCUT2D eigenvalue weighted by Gasteiger charge is 2.57. The molecule has 0 aliphatic heterocycles. The molecule has 2 aromatic carbocycles. The van der Waals surface area contributed by atoms with Crippen LogP contribution < -0.4 is 4.74 Å². The lowest BCUT2D eigenvalue weighted by Crippen LogP contribution is -2.42. The number of nitrogens with zero attached hydrogens (tertiary/aromatic N) is 1. The molecule has 2 saturated carbocycles. The van der Waals surface area contributed by atoms with Crippen molar-refractivity contribution in [3.8, 4) is 5.75 Å². The van der Waals surface area contributed by atoms with Crippen LogP contribution in [0, 0.1) is 17.3 Å². The molecule has 3 aliphatic rings. The summed E-state index contributed by atoms with van der Waals surface area (Å²) in [6, 6.07) is 16.8. The molecule has 2 aromatic rings. The molecule has 5 nitrogen and oxygen atoms in total. The zero-order chi connectivity index (χ0) is 23.0. The Kier molecular flexibility index (Phi) is 5.81. The van der Waals surface area contributed by atoms with Gasteiger partial charge in [0.15, 0.2) is 5.78 Å². The maximum atomic E-state index is 13.2. The zero-order valence-corrected chi connectivity index (χ0v) is 19.4.